The molecule has 3 fully saturated rings. The Labute approximate surface area is 294 Å². The van der Waals surface area contributed by atoms with Gasteiger partial charge in [-0.1, -0.05) is 18.4 Å². The number of terminal acetylenes is 1. The number of nitrogens with one attached hydrogen (secondary N) is 1. The third-order valence-corrected chi connectivity index (χ3v) is 10.4. The average Bonchev–Trinajstić information content (AvgIpc) is 3.48. The molecule has 0 saturated carbocycles. The van der Waals surface area contributed by atoms with E-state index >= 15 is 8.78 Å². The zero-order valence-corrected chi connectivity index (χ0v) is 27.7. The van der Waals surface area contributed by atoms with Gasteiger partial charge in [0.2, 0.25) is 0 Å². The molecule has 8 rings (SSSR count). The van der Waals surface area contributed by atoms with E-state index in [1.54, 1.807) is 9.91 Å². The van der Waals surface area contributed by atoms with Crippen LogP contribution in [-0.4, -0.2) is 62.9 Å². The molecule has 3 saturated heterocycles. The first-order valence-electron chi connectivity index (χ1n) is 17.0. The summed E-state index contributed by atoms with van der Waals surface area (Å²) in [6.07, 6.45) is 9.34. The number of pyridine rings is 1. The second kappa shape index (κ2) is 13.1. The maximum Gasteiger partial charge on any atom is 0.319 e. The lowest BCUT2D eigenvalue weighted by Crippen LogP contribution is -2.44. The summed E-state index contributed by atoms with van der Waals surface area (Å²) in [5.41, 5.74) is 2.10. The van der Waals surface area contributed by atoms with E-state index in [2.05, 4.69) is 26.3 Å². The fraction of sp³-hybridized carbons (Fsp3) is 0.342. The minimum Gasteiger partial charge on any atom is -0.508 e. The molecule has 3 aromatic carbocycles. The number of fused-ring (bicyclic) bond motifs is 3. The van der Waals surface area contributed by atoms with E-state index in [4.69, 9.17) is 11.2 Å². The van der Waals surface area contributed by atoms with Crippen molar-refractivity contribution in [3.05, 3.63) is 82.8 Å². The molecule has 2 N–H and O–H groups in total. The topological polar surface area (TPSA) is 86.6 Å². The molecule has 0 amide bonds. The molecule has 0 bridgehead atoms. The quantitative estimate of drug-likeness (QED) is 0.107. The van der Waals surface area contributed by atoms with E-state index in [0.717, 1.165) is 31.4 Å². The lowest BCUT2D eigenvalue weighted by atomic mass is 9.94. The molecular formula is C38H32F6N6O2. The van der Waals surface area contributed by atoms with Gasteiger partial charge in [0.05, 0.1) is 16.5 Å². The smallest absolute Gasteiger partial charge is 0.319 e. The zero-order chi connectivity index (χ0) is 36.3. The minimum absolute atomic E-state index is 0.0298. The number of benzene rings is 3. The number of hydrazine groups is 1. The van der Waals surface area contributed by atoms with Crippen LogP contribution in [0.1, 0.15) is 55.7 Å². The maximum absolute atomic E-state index is 16.9. The highest BCUT2D eigenvalue weighted by Crippen LogP contribution is 2.50. The lowest BCUT2D eigenvalue weighted by Gasteiger charge is -2.34. The molecule has 0 spiro atoms. The number of aromatic hydroxyl groups is 1. The van der Waals surface area contributed by atoms with Gasteiger partial charge in [0.1, 0.15) is 35.6 Å². The van der Waals surface area contributed by atoms with Gasteiger partial charge in [-0.05, 0) is 67.0 Å². The number of phenols is 1. The van der Waals surface area contributed by atoms with E-state index in [-0.39, 0.29) is 70.0 Å². The number of anilines is 1. The van der Waals surface area contributed by atoms with Crippen LogP contribution in [0.4, 0.5) is 32.2 Å². The standard InChI is InChI=1S/C38H32F6N6O2/c1-2-24-27(40)7-6-20-12-23(51)15-25(31(20)24)34-33(44)35-26(17-45-34)36(50-11-5-3-4-10-46-50)48-37(47-35)52-19-38-9-8-30(49(38)18-22(39)16-38)21-13-28(41)32(43)29(42)14-21/h1,6-7,12-15,17,22,30,46,51H,3-5,8-11,16,18-19H2/t22?,30-,38+/m1/s1. The van der Waals surface area contributed by atoms with E-state index in [1.807, 2.05) is 0 Å². The van der Waals surface area contributed by atoms with Gasteiger partial charge >= 0.3 is 6.01 Å². The number of phenolic OH excluding ortho intramolecular Hbond substituents is 1. The first-order valence-corrected chi connectivity index (χ1v) is 17.0. The highest BCUT2D eigenvalue weighted by atomic mass is 19.2. The van der Waals surface area contributed by atoms with Crippen molar-refractivity contribution in [1.82, 2.24) is 25.3 Å². The molecule has 5 heterocycles. The molecule has 268 valence electrons. The molecule has 0 aliphatic carbocycles. The Kier molecular flexibility index (Phi) is 8.58. The SMILES string of the molecule is C#Cc1c(F)ccc2cc(O)cc(-c3ncc4c(N5CCCCCN5)nc(OC[C@@]56CC[C@H](c7cc(F)c(F)c(F)c7)N5CC(F)C6)nc4c3F)c12. The molecular weight excluding hydrogens is 686 g/mol. The van der Waals surface area contributed by atoms with Gasteiger partial charge < -0.3 is 9.84 Å². The van der Waals surface area contributed by atoms with Gasteiger partial charge in [0.25, 0.3) is 0 Å². The number of alkyl halides is 1. The molecule has 1 unspecified atom stereocenters. The highest BCUT2D eigenvalue weighted by Gasteiger charge is 2.54. The Morgan fingerprint density at radius 1 is 1.00 bits per heavy atom. The first kappa shape index (κ1) is 34.0. The molecule has 0 radical (unpaired) electrons. The molecule has 14 heteroatoms. The van der Waals surface area contributed by atoms with Crippen molar-refractivity contribution < 1.29 is 36.2 Å². The fourth-order valence-corrected chi connectivity index (χ4v) is 8.07. The number of rotatable bonds is 6. The van der Waals surface area contributed by atoms with Crippen LogP contribution in [0.3, 0.4) is 0 Å². The molecule has 5 aromatic rings. The number of nitrogens with zero attached hydrogens (tertiary/aromatic N) is 5. The highest BCUT2D eigenvalue weighted by molar-refractivity contribution is 6.03. The van der Waals surface area contributed by atoms with Crippen LogP contribution in [0.25, 0.3) is 32.9 Å². The van der Waals surface area contributed by atoms with Gasteiger partial charge in [0.15, 0.2) is 29.1 Å². The monoisotopic (exact) mass is 718 g/mol. The summed E-state index contributed by atoms with van der Waals surface area (Å²) in [5, 5.41) is 13.1. The summed E-state index contributed by atoms with van der Waals surface area (Å²) < 4.78 is 95.3. The van der Waals surface area contributed by atoms with E-state index in [9.17, 15) is 22.7 Å². The van der Waals surface area contributed by atoms with Crippen molar-refractivity contribution in [2.45, 2.75) is 56.3 Å². The summed E-state index contributed by atoms with van der Waals surface area (Å²) in [6, 6.07) is 6.30. The van der Waals surface area contributed by atoms with E-state index in [1.165, 1.54) is 30.5 Å². The van der Waals surface area contributed by atoms with Crippen LogP contribution in [0.15, 0.2) is 42.6 Å². The van der Waals surface area contributed by atoms with Crippen LogP contribution < -0.4 is 15.2 Å². The second-order valence-corrected chi connectivity index (χ2v) is 13.6. The van der Waals surface area contributed by atoms with Crippen molar-refractivity contribution in [2.75, 3.05) is 31.3 Å². The van der Waals surface area contributed by atoms with Gasteiger partial charge in [-0.25, -0.2) is 31.8 Å². The van der Waals surface area contributed by atoms with Crippen molar-refractivity contribution >= 4 is 27.5 Å². The zero-order valence-electron chi connectivity index (χ0n) is 27.7. The predicted octanol–water partition coefficient (Wildman–Crippen LogP) is 7.42. The number of hydrogen-bond acceptors (Lipinski definition) is 8. The number of hydrogen-bond donors (Lipinski definition) is 2. The normalized spacial score (nSPS) is 22.1. The summed E-state index contributed by atoms with van der Waals surface area (Å²) in [4.78, 5) is 15.3. The minimum atomic E-state index is -1.57. The Morgan fingerprint density at radius 2 is 1.81 bits per heavy atom. The Bertz CT molecular complexity index is 2250. The summed E-state index contributed by atoms with van der Waals surface area (Å²) in [5.74, 6) is -3.42. The Balaban J connectivity index is 1.21. The van der Waals surface area contributed by atoms with Crippen LogP contribution in [0, 0.1) is 41.4 Å². The number of halogens is 6. The molecule has 52 heavy (non-hydrogen) atoms. The van der Waals surface area contributed by atoms with Crippen molar-refractivity contribution in [1.29, 1.82) is 0 Å². The largest absolute Gasteiger partial charge is 0.508 e. The molecule has 2 aromatic heterocycles. The number of aromatic nitrogens is 3. The van der Waals surface area contributed by atoms with E-state index in [0.29, 0.717) is 37.1 Å². The van der Waals surface area contributed by atoms with Gasteiger partial charge in [-0.2, -0.15) is 9.97 Å². The fourth-order valence-electron chi connectivity index (χ4n) is 8.07. The summed E-state index contributed by atoms with van der Waals surface area (Å²) in [7, 11) is 0. The van der Waals surface area contributed by atoms with Crippen molar-refractivity contribution in [3.63, 3.8) is 0 Å². The van der Waals surface area contributed by atoms with Crippen LogP contribution in [0.5, 0.6) is 11.8 Å². The van der Waals surface area contributed by atoms with Crippen LogP contribution >= 0.6 is 0 Å². The summed E-state index contributed by atoms with van der Waals surface area (Å²) >= 11 is 0. The van der Waals surface area contributed by atoms with Crippen LogP contribution in [-0.2, 0) is 0 Å². The average molecular weight is 719 g/mol. The third kappa shape index (κ3) is 5.72. The second-order valence-electron chi connectivity index (χ2n) is 13.6. The third-order valence-electron chi connectivity index (χ3n) is 10.4. The lowest BCUT2D eigenvalue weighted by molar-refractivity contribution is 0.0843. The summed E-state index contributed by atoms with van der Waals surface area (Å²) in [6.45, 7) is 1.01. The number of ether oxygens (including phenoxy) is 1. The first-order chi connectivity index (χ1) is 25.1. The molecule has 3 atom stereocenters. The van der Waals surface area contributed by atoms with E-state index < -0.39 is 46.8 Å². The Hall–Kier alpha value is -5.13. The maximum atomic E-state index is 16.9. The van der Waals surface area contributed by atoms with Crippen molar-refractivity contribution in [3.8, 4) is 35.4 Å². The molecule has 3 aliphatic rings. The van der Waals surface area contributed by atoms with Gasteiger partial charge in [-0.15, -0.1) is 6.42 Å². The van der Waals surface area contributed by atoms with Gasteiger partial charge in [0, 0.05) is 49.2 Å². The molecule has 3 aliphatic heterocycles. The van der Waals surface area contributed by atoms with Crippen molar-refractivity contribution in [2.24, 2.45) is 0 Å². The van der Waals surface area contributed by atoms with Crippen LogP contribution in [0.2, 0.25) is 0 Å². The predicted molar refractivity (Wildman–Crippen MR) is 182 cm³/mol. The molecule has 8 nitrogen and oxygen atoms in total. The Morgan fingerprint density at radius 3 is 2.60 bits per heavy atom. The van der Waals surface area contributed by atoms with Gasteiger partial charge in [-0.3, -0.25) is 14.9 Å².